The number of nitrogens with two attached hydrogens (primary N) is 1. The van der Waals surface area contributed by atoms with Gasteiger partial charge in [-0.1, -0.05) is 18.2 Å². The number of hydrogen-bond donors (Lipinski definition) is 1. The number of hydrogen-bond acceptors (Lipinski definition) is 4. The van der Waals surface area contributed by atoms with E-state index in [1.807, 2.05) is 59.8 Å². The van der Waals surface area contributed by atoms with E-state index in [1.54, 1.807) is 0 Å². The van der Waals surface area contributed by atoms with Crippen LogP contribution in [-0.2, 0) is 11.2 Å². The SMILES string of the molecule is NC(=O)C(Cc1ccc2c(c1)OCO2)CN1C=CC=CC=C1. The van der Waals surface area contributed by atoms with Gasteiger partial charge in [0.05, 0.1) is 5.92 Å². The van der Waals surface area contributed by atoms with E-state index >= 15 is 0 Å². The van der Waals surface area contributed by atoms with Crippen molar-refractivity contribution < 1.29 is 14.3 Å². The smallest absolute Gasteiger partial charge is 0.231 e. The second kappa shape index (κ2) is 6.39. The Morgan fingerprint density at radius 2 is 1.86 bits per heavy atom. The van der Waals surface area contributed by atoms with Crippen molar-refractivity contribution in [3.8, 4) is 11.5 Å². The zero-order valence-corrected chi connectivity index (χ0v) is 12.1. The van der Waals surface area contributed by atoms with Gasteiger partial charge in [-0.3, -0.25) is 4.79 Å². The molecule has 2 aliphatic heterocycles. The van der Waals surface area contributed by atoms with Crippen LogP contribution in [0, 0.1) is 5.92 Å². The average Bonchev–Trinajstić information content (AvgIpc) is 2.81. The highest BCUT2D eigenvalue weighted by atomic mass is 16.7. The molecule has 5 nitrogen and oxygen atoms in total. The van der Waals surface area contributed by atoms with Gasteiger partial charge in [0.25, 0.3) is 0 Å². The first kappa shape index (κ1) is 14.3. The monoisotopic (exact) mass is 298 g/mol. The number of ether oxygens (including phenoxy) is 2. The Bertz CT molecular complexity index is 633. The Labute approximate surface area is 129 Å². The molecule has 2 N–H and O–H groups in total. The van der Waals surface area contributed by atoms with Crippen LogP contribution in [0.2, 0.25) is 0 Å². The summed E-state index contributed by atoms with van der Waals surface area (Å²) in [5.74, 6) is 0.868. The normalized spacial score (nSPS) is 16.6. The van der Waals surface area contributed by atoms with E-state index in [4.69, 9.17) is 15.2 Å². The van der Waals surface area contributed by atoms with E-state index in [0.717, 1.165) is 17.1 Å². The molecular weight excluding hydrogens is 280 g/mol. The fourth-order valence-corrected chi connectivity index (χ4v) is 2.48. The maximum absolute atomic E-state index is 11.8. The van der Waals surface area contributed by atoms with Crippen LogP contribution in [-0.4, -0.2) is 24.1 Å². The quantitative estimate of drug-likeness (QED) is 0.902. The van der Waals surface area contributed by atoms with Crippen molar-refractivity contribution in [3.63, 3.8) is 0 Å². The van der Waals surface area contributed by atoms with Crippen LogP contribution in [0.1, 0.15) is 5.56 Å². The third-order valence-electron chi connectivity index (χ3n) is 3.64. The van der Waals surface area contributed by atoms with Gasteiger partial charge in [0.15, 0.2) is 11.5 Å². The molecule has 1 amide bonds. The zero-order chi connectivity index (χ0) is 15.4. The number of rotatable bonds is 5. The van der Waals surface area contributed by atoms with Gasteiger partial charge < -0.3 is 20.1 Å². The summed E-state index contributed by atoms with van der Waals surface area (Å²) < 4.78 is 10.7. The van der Waals surface area contributed by atoms with Gasteiger partial charge in [0.2, 0.25) is 12.7 Å². The summed E-state index contributed by atoms with van der Waals surface area (Å²) in [5.41, 5.74) is 6.58. The van der Waals surface area contributed by atoms with Crippen LogP contribution in [0.25, 0.3) is 0 Å². The molecule has 1 atom stereocenters. The van der Waals surface area contributed by atoms with Crippen molar-refractivity contribution in [1.29, 1.82) is 0 Å². The topological polar surface area (TPSA) is 64.8 Å². The highest BCUT2D eigenvalue weighted by molar-refractivity contribution is 5.77. The fraction of sp³-hybridized carbons (Fsp3) is 0.235. The van der Waals surface area contributed by atoms with E-state index < -0.39 is 0 Å². The van der Waals surface area contributed by atoms with Gasteiger partial charge >= 0.3 is 0 Å². The number of amides is 1. The lowest BCUT2D eigenvalue weighted by Crippen LogP contribution is -2.33. The Balaban J connectivity index is 1.70. The molecule has 2 aliphatic rings. The molecule has 0 fully saturated rings. The summed E-state index contributed by atoms with van der Waals surface area (Å²) in [6, 6.07) is 5.72. The highest BCUT2D eigenvalue weighted by Gasteiger charge is 2.20. The predicted molar refractivity (Wildman–Crippen MR) is 83.1 cm³/mol. The van der Waals surface area contributed by atoms with E-state index in [-0.39, 0.29) is 18.6 Å². The number of nitrogens with zero attached hydrogens (tertiary/aromatic N) is 1. The predicted octanol–water partition coefficient (Wildman–Crippen LogP) is 1.96. The van der Waals surface area contributed by atoms with Crippen molar-refractivity contribution in [2.75, 3.05) is 13.3 Å². The molecule has 0 aromatic heterocycles. The van der Waals surface area contributed by atoms with E-state index in [9.17, 15) is 4.79 Å². The maximum atomic E-state index is 11.8. The Kier molecular flexibility index (Phi) is 4.14. The van der Waals surface area contributed by atoms with Gasteiger partial charge in [0.1, 0.15) is 0 Å². The van der Waals surface area contributed by atoms with Crippen LogP contribution < -0.4 is 15.2 Å². The first-order valence-electron chi connectivity index (χ1n) is 7.17. The number of carbonyl (C=O) groups is 1. The molecule has 1 unspecified atom stereocenters. The summed E-state index contributed by atoms with van der Waals surface area (Å²) in [7, 11) is 0. The molecule has 5 heteroatoms. The first-order valence-corrected chi connectivity index (χ1v) is 7.17. The second-order valence-electron chi connectivity index (χ2n) is 5.26. The minimum Gasteiger partial charge on any atom is -0.454 e. The van der Waals surface area contributed by atoms with Gasteiger partial charge in [-0.25, -0.2) is 0 Å². The Hall–Kier alpha value is -2.69. The molecule has 0 aliphatic carbocycles. The average molecular weight is 298 g/mol. The third kappa shape index (κ3) is 3.31. The number of carbonyl (C=O) groups excluding carboxylic acids is 1. The summed E-state index contributed by atoms with van der Waals surface area (Å²) in [6.07, 6.45) is 12.2. The molecule has 1 aromatic rings. The van der Waals surface area contributed by atoms with E-state index in [0.29, 0.717) is 13.0 Å². The summed E-state index contributed by atoms with van der Waals surface area (Å²) >= 11 is 0. The number of primary amides is 1. The number of fused-ring (bicyclic) bond motifs is 1. The molecule has 3 rings (SSSR count). The molecule has 114 valence electrons. The molecule has 22 heavy (non-hydrogen) atoms. The molecule has 0 radical (unpaired) electrons. The zero-order valence-electron chi connectivity index (χ0n) is 12.1. The molecule has 0 spiro atoms. The highest BCUT2D eigenvalue weighted by Crippen LogP contribution is 2.33. The standard InChI is InChI=1S/C17H18N2O3/c18-17(20)14(11-19-7-3-1-2-4-8-19)9-13-5-6-15-16(10-13)22-12-21-15/h1-8,10,14H,9,11-12H2,(H2,18,20). The Morgan fingerprint density at radius 1 is 1.14 bits per heavy atom. The lowest BCUT2D eigenvalue weighted by Gasteiger charge is -2.21. The van der Waals surface area contributed by atoms with Gasteiger partial charge in [-0.05, 0) is 36.3 Å². The van der Waals surface area contributed by atoms with Crippen LogP contribution in [0.4, 0.5) is 0 Å². The number of benzene rings is 1. The number of allylic oxidation sites excluding steroid dienone is 4. The molecule has 0 saturated heterocycles. The molecular formula is C17H18N2O3. The van der Waals surface area contributed by atoms with Gasteiger partial charge in [0, 0.05) is 18.9 Å². The van der Waals surface area contributed by atoms with Crippen LogP contribution in [0.15, 0.2) is 54.9 Å². The first-order chi connectivity index (χ1) is 10.7. The van der Waals surface area contributed by atoms with Crippen molar-refractivity contribution >= 4 is 5.91 Å². The summed E-state index contributed by atoms with van der Waals surface area (Å²) in [4.78, 5) is 13.7. The van der Waals surface area contributed by atoms with Crippen LogP contribution in [0.3, 0.4) is 0 Å². The lowest BCUT2D eigenvalue weighted by molar-refractivity contribution is -0.122. The molecule has 0 bridgehead atoms. The van der Waals surface area contributed by atoms with Crippen molar-refractivity contribution in [1.82, 2.24) is 4.90 Å². The largest absolute Gasteiger partial charge is 0.454 e. The van der Waals surface area contributed by atoms with Gasteiger partial charge in [-0.15, -0.1) is 0 Å². The Morgan fingerprint density at radius 3 is 2.59 bits per heavy atom. The second-order valence-corrected chi connectivity index (χ2v) is 5.26. The minimum absolute atomic E-state index is 0.244. The van der Waals surface area contributed by atoms with E-state index in [2.05, 4.69) is 0 Å². The summed E-state index contributed by atoms with van der Waals surface area (Å²) in [6.45, 7) is 0.785. The third-order valence-corrected chi connectivity index (χ3v) is 3.64. The van der Waals surface area contributed by atoms with Crippen molar-refractivity contribution in [2.24, 2.45) is 11.7 Å². The fourth-order valence-electron chi connectivity index (χ4n) is 2.48. The molecule has 1 aromatic carbocycles. The summed E-state index contributed by atoms with van der Waals surface area (Å²) in [5, 5.41) is 0. The van der Waals surface area contributed by atoms with Crippen LogP contribution in [0.5, 0.6) is 11.5 Å². The lowest BCUT2D eigenvalue weighted by atomic mass is 9.98. The van der Waals surface area contributed by atoms with E-state index in [1.165, 1.54) is 0 Å². The maximum Gasteiger partial charge on any atom is 0.231 e. The van der Waals surface area contributed by atoms with Gasteiger partial charge in [-0.2, -0.15) is 0 Å². The van der Waals surface area contributed by atoms with Crippen molar-refractivity contribution in [3.05, 3.63) is 60.5 Å². The molecule has 2 heterocycles. The van der Waals surface area contributed by atoms with Crippen molar-refractivity contribution in [2.45, 2.75) is 6.42 Å². The minimum atomic E-state index is -0.309. The molecule has 0 saturated carbocycles. The van der Waals surface area contributed by atoms with Crippen LogP contribution >= 0.6 is 0 Å².